The minimum absolute atomic E-state index is 0.0208. The summed E-state index contributed by atoms with van der Waals surface area (Å²) in [7, 11) is 0. The minimum atomic E-state index is -0.514. The number of carbonyl (C=O) groups excluding carboxylic acids is 2. The van der Waals surface area contributed by atoms with Crippen molar-refractivity contribution < 1.29 is 9.59 Å². The first-order valence-corrected chi connectivity index (χ1v) is 12.8. The molecule has 1 unspecified atom stereocenters. The van der Waals surface area contributed by atoms with Gasteiger partial charge in [-0.1, -0.05) is 75.8 Å². The standard InChI is InChI=1S/C22H18Cl5N5O2S/c1-3-6-32-20(11(2)28-21(34)13-5-4-12(23)7-14(13)24)30-31-22(32)35-10-19(33)29-18-9-16(26)15(25)8-17(18)27/h3-5,7-9,11H,1,6,10H2,2H3,(H,28,34)(H,29,33). The molecule has 0 saturated carbocycles. The first-order valence-electron chi connectivity index (χ1n) is 9.97. The summed E-state index contributed by atoms with van der Waals surface area (Å²) in [4.78, 5) is 25.2. The number of thioether (sulfide) groups is 1. The normalized spacial score (nSPS) is 11.7. The van der Waals surface area contributed by atoms with E-state index in [-0.39, 0.29) is 43.2 Å². The van der Waals surface area contributed by atoms with Crippen LogP contribution in [-0.2, 0) is 11.3 Å². The third-order valence-electron chi connectivity index (χ3n) is 4.58. The van der Waals surface area contributed by atoms with Gasteiger partial charge in [0.25, 0.3) is 5.91 Å². The van der Waals surface area contributed by atoms with Crippen molar-refractivity contribution in [1.29, 1.82) is 0 Å². The second-order valence-corrected chi connectivity index (χ2v) is 10.2. The molecule has 0 spiro atoms. The predicted octanol–water partition coefficient (Wildman–Crippen LogP) is 6.95. The number of nitrogens with one attached hydrogen (secondary N) is 2. The molecule has 0 aliphatic carbocycles. The third-order valence-corrected chi connectivity index (χ3v) is 7.13. The maximum atomic E-state index is 12.7. The van der Waals surface area contributed by atoms with Crippen molar-refractivity contribution in [3.63, 3.8) is 0 Å². The molecule has 184 valence electrons. The van der Waals surface area contributed by atoms with E-state index in [0.29, 0.717) is 28.2 Å². The maximum absolute atomic E-state index is 12.7. The van der Waals surface area contributed by atoms with Crippen LogP contribution in [0, 0.1) is 0 Å². The van der Waals surface area contributed by atoms with Gasteiger partial charge >= 0.3 is 0 Å². The van der Waals surface area contributed by atoms with Crippen molar-refractivity contribution in [2.45, 2.75) is 24.7 Å². The SMILES string of the molecule is C=CCn1c(SCC(=O)Nc2cc(Cl)c(Cl)cc2Cl)nnc1C(C)NC(=O)c1ccc(Cl)cc1Cl. The van der Waals surface area contributed by atoms with Gasteiger partial charge in [0, 0.05) is 11.6 Å². The Morgan fingerprint density at radius 1 is 1.06 bits per heavy atom. The largest absolute Gasteiger partial charge is 0.342 e. The van der Waals surface area contributed by atoms with Crippen molar-refractivity contribution >= 4 is 87.3 Å². The highest BCUT2D eigenvalue weighted by molar-refractivity contribution is 7.99. The summed E-state index contributed by atoms with van der Waals surface area (Å²) in [6.07, 6.45) is 1.66. The van der Waals surface area contributed by atoms with Crippen molar-refractivity contribution in [3.8, 4) is 0 Å². The Morgan fingerprint density at radius 2 is 1.77 bits per heavy atom. The van der Waals surface area contributed by atoms with E-state index in [1.807, 2.05) is 0 Å². The zero-order chi connectivity index (χ0) is 25.7. The van der Waals surface area contributed by atoms with Gasteiger partial charge in [0.05, 0.1) is 43.1 Å². The number of aromatic nitrogens is 3. The summed E-state index contributed by atoms with van der Waals surface area (Å²) in [5.74, 6) is -0.214. The molecule has 2 N–H and O–H groups in total. The highest BCUT2D eigenvalue weighted by Crippen LogP contribution is 2.32. The molecule has 0 bridgehead atoms. The number of amides is 2. The lowest BCUT2D eigenvalue weighted by atomic mass is 10.2. The van der Waals surface area contributed by atoms with Crippen molar-refractivity contribution in [2.75, 3.05) is 11.1 Å². The van der Waals surface area contributed by atoms with Gasteiger partial charge in [-0.3, -0.25) is 9.59 Å². The van der Waals surface area contributed by atoms with E-state index in [9.17, 15) is 9.59 Å². The Bertz CT molecular complexity index is 1280. The topological polar surface area (TPSA) is 88.9 Å². The quantitative estimate of drug-likeness (QED) is 0.159. The van der Waals surface area contributed by atoms with Gasteiger partial charge in [-0.05, 0) is 37.3 Å². The maximum Gasteiger partial charge on any atom is 0.253 e. The highest BCUT2D eigenvalue weighted by Gasteiger charge is 2.21. The fraction of sp³-hybridized carbons (Fsp3) is 0.182. The van der Waals surface area contributed by atoms with Crippen LogP contribution in [0.3, 0.4) is 0 Å². The van der Waals surface area contributed by atoms with E-state index in [1.54, 1.807) is 29.7 Å². The van der Waals surface area contributed by atoms with Crippen LogP contribution in [0.1, 0.15) is 29.1 Å². The van der Waals surface area contributed by atoms with E-state index >= 15 is 0 Å². The van der Waals surface area contributed by atoms with Crippen molar-refractivity contribution in [3.05, 3.63) is 79.5 Å². The lowest BCUT2D eigenvalue weighted by Crippen LogP contribution is -2.29. The number of halogens is 5. The zero-order valence-electron chi connectivity index (χ0n) is 18.1. The molecular weight excluding hydrogens is 576 g/mol. The number of nitrogens with zero attached hydrogens (tertiary/aromatic N) is 3. The van der Waals surface area contributed by atoms with Gasteiger partial charge in [-0.2, -0.15) is 0 Å². The fourth-order valence-electron chi connectivity index (χ4n) is 2.98. The molecule has 0 aliphatic heterocycles. The predicted molar refractivity (Wildman–Crippen MR) is 143 cm³/mol. The van der Waals surface area contributed by atoms with E-state index in [1.165, 1.54) is 18.2 Å². The molecular formula is C22H18Cl5N5O2S. The molecule has 0 radical (unpaired) electrons. The molecule has 1 atom stereocenters. The Morgan fingerprint density at radius 3 is 2.46 bits per heavy atom. The first-order chi connectivity index (χ1) is 16.6. The lowest BCUT2D eigenvalue weighted by molar-refractivity contribution is -0.113. The van der Waals surface area contributed by atoms with Crippen LogP contribution >= 0.6 is 69.8 Å². The molecule has 7 nitrogen and oxygen atoms in total. The summed E-state index contributed by atoms with van der Waals surface area (Å²) in [6, 6.07) is 7.03. The van der Waals surface area contributed by atoms with Gasteiger partial charge in [-0.15, -0.1) is 16.8 Å². The Labute approximate surface area is 231 Å². The van der Waals surface area contributed by atoms with Gasteiger partial charge < -0.3 is 15.2 Å². The van der Waals surface area contributed by atoms with E-state index in [4.69, 9.17) is 58.0 Å². The number of hydrogen-bond donors (Lipinski definition) is 2. The smallest absolute Gasteiger partial charge is 0.253 e. The van der Waals surface area contributed by atoms with Crippen LogP contribution < -0.4 is 10.6 Å². The summed E-state index contributed by atoms with van der Waals surface area (Å²) in [6.45, 7) is 5.89. The molecule has 35 heavy (non-hydrogen) atoms. The first kappa shape index (κ1) is 27.6. The van der Waals surface area contributed by atoms with E-state index in [2.05, 4.69) is 27.4 Å². The van der Waals surface area contributed by atoms with Gasteiger partial charge in [0.15, 0.2) is 11.0 Å². The number of allylic oxidation sites excluding steroid dienone is 1. The number of rotatable bonds is 9. The summed E-state index contributed by atoms with van der Waals surface area (Å²) in [5.41, 5.74) is 0.627. The minimum Gasteiger partial charge on any atom is -0.342 e. The molecule has 0 fully saturated rings. The van der Waals surface area contributed by atoms with Gasteiger partial charge in [-0.25, -0.2) is 0 Å². The van der Waals surface area contributed by atoms with Crippen LogP contribution in [0.2, 0.25) is 25.1 Å². The Kier molecular flexibility index (Phi) is 9.75. The fourth-order valence-corrected chi connectivity index (χ4v) is 4.82. The monoisotopic (exact) mass is 591 g/mol. The van der Waals surface area contributed by atoms with Crippen LogP contribution in [0.4, 0.5) is 5.69 Å². The second-order valence-electron chi connectivity index (χ2n) is 7.14. The lowest BCUT2D eigenvalue weighted by Gasteiger charge is -2.16. The van der Waals surface area contributed by atoms with Crippen molar-refractivity contribution in [1.82, 2.24) is 20.1 Å². The molecule has 13 heteroatoms. The average Bonchev–Trinajstić information content (AvgIpc) is 3.19. The Hall–Kier alpha value is -1.94. The van der Waals surface area contributed by atoms with Crippen molar-refractivity contribution in [2.24, 2.45) is 0 Å². The van der Waals surface area contributed by atoms with Gasteiger partial charge in [0.2, 0.25) is 5.91 Å². The zero-order valence-corrected chi connectivity index (χ0v) is 22.7. The summed E-state index contributed by atoms with van der Waals surface area (Å²) < 4.78 is 1.76. The molecule has 3 aromatic rings. The van der Waals surface area contributed by atoms with Crippen LogP contribution in [0.15, 0.2) is 48.1 Å². The van der Waals surface area contributed by atoms with Crippen LogP contribution in [0.5, 0.6) is 0 Å². The number of hydrogen-bond acceptors (Lipinski definition) is 5. The molecule has 2 aromatic carbocycles. The molecule has 3 rings (SSSR count). The molecule has 1 heterocycles. The third kappa shape index (κ3) is 7.06. The molecule has 0 aliphatic rings. The van der Waals surface area contributed by atoms with E-state index in [0.717, 1.165) is 11.8 Å². The summed E-state index contributed by atoms with van der Waals surface area (Å²) >= 11 is 31.2. The van der Waals surface area contributed by atoms with Gasteiger partial charge in [0.1, 0.15) is 0 Å². The number of anilines is 1. The highest BCUT2D eigenvalue weighted by atomic mass is 35.5. The molecule has 1 aromatic heterocycles. The summed E-state index contributed by atoms with van der Waals surface area (Å²) in [5, 5.41) is 15.9. The van der Waals surface area contributed by atoms with Crippen LogP contribution in [0.25, 0.3) is 0 Å². The number of carbonyl (C=O) groups is 2. The van der Waals surface area contributed by atoms with E-state index < -0.39 is 6.04 Å². The number of benzene rings is 2. The average molecular weight is 594 g/mol. The molecule has 0 saturated heterocycles. The Balaban J connectivity index is 1.69. The van der Waals surface area contributed by atoms with Crippen LogP contribution in [-0.4, -0.2) is 32.3 Å². The second kappa shape index (κ2) is 12.3. The molecule has 2 amide bonds.